The van der Waals surface area contributed by atoms with E-state index in [1.54, 1.807) is 12.1 Å². The normalized spacial score (nSPS) is 12.1. The van der Waals surface area contributed by atoms with Gasteiger partial charge in [0.15, 0.2) is 0 Å². The summed E-state index contributed by atoms with van der Waals surface area (Å²) in [6, 6.07) is 14.3. The molecule has 0 radical (unpaired) electrons. The molecule has 1 heterocycles. The summed E-state index contributed by atoms with van der Waals surface area (Å²) in [6.07, 6.45) is 2.85. The number of rotatable bonds is 6. The van der Waals surface area contributed by atoms with Crippen molar-refractivity contribution in [3.63, 3.8) is 0 Å². The van der Waals surface area contributed by atoms with Gasteiger partial charge >= 0.3 is 6.03 Å². The quantitative estimate of drug-likeness (QED) is 0.621. The van der Waals surface area contributed by atoms with Gasteiger partial charge in [0.2, 0.25) is 0 Å². The number of H-pyrrole nitrogens is 1. The lowest BCUT2D eigenvalue weighted by Crippen LogP contribution is -2.38. The Hall–Kier alpha value is -2.82. The van der Waals surface area contributed by atoms with E-state index >= 15 is 0 Å². The van der Waals surface area contributed by atoms with Crippen LogP contribution in [0.3, 0.4) is 0 Å². The van der Waals surface area contributed by atoms with E-state index in [0.29, 0.717) is 13.1 Å². The van der Waals surface area contributed by atoms with Crippen LogP contribution in [0.2, 0.25) is 0 Å². The van der Waals surface area contributed by atoms with E-state index < -0.39 is 0 Å². The maximum absolute atomic E-state index is 13.3. The Morgan fingerprint density at radius 3 is 2.64 bits per heavy atom. The standard InChI is InChI=1S/C20H22FN3O/c1-2-11-22-20(25)24-12-17(14-7-9-15(21)10-8-14)18-13-23-19-6-4-3-5-16(18)19/h3-10,13,17,23H,2,11-12H2,1H3,(H2,22,24,25). The number of hydrogen-bond donors (Lipinski definition) is 3. The molecule has 1 aromatic heterocycles. The van der Waals surface area contributed by atoms with E-state index in [9.17, 15) is 9.18 Å². The predicted molar refractivity (Wildman–Crippen MR) is 98.2 cm³/mol. The van der Waals surface area contributed by atoms with Crippen molar-refractivity contribution >= 4 is 16.9 Å². The molecule has 130 valence electrons. The number of hydrogen-bond acceptors (Lipinski definition) is 1. The number of carbonyl (C=O) groups is 1. The monoisotopic (exact) mass is 339 g/mol. The minimum atomic E-state index is -0.268. The topological polar surface area (TPSA) is 56.9 Å². The highest BCUT2D eigenvalue weighted by Gasteiger charge is 2.19. The van der Waals surface area contributed by atoms with Crippen molar-refractivity contribution in [2.24, 2.45) is 0 Å². The molecule has 2 amide bonds. The molecule has 4 nitrogen and oxygen atoms in total. The van der Waals surface area contributed by atoms with Crippen LogP contribution in [0.4, 0.5) is 9.18 Å². The first kappa shape index (κ1) is 17.0. The van der Waals surface area contributed by atoms with Crippen LogP contribution in [0.1, 0.15) is 30.4 Å². The first-order valence-electron chi connectivity index (χ1n) is 8.52. The molecule has 0 aliphatic heterocycles. The minimum Gasteiger partial charge on any atom is -0.361 e. The van der Waals surface area contributed by atoms with Gasteiger partial charge in [0.25, 0.3) is 0 Å². The summed E-state index contributed by atoms with van der Waals surface area (Å²) in [6.45, 7) is 3.08. The van der Waals surface area contributed by atoms with Gasteiger partial charge < -0.3 is 15.6 Å². The Morgan fingerprint density at radius 1 is 1.12 bits per heavy atom. The second-order valence-corrected chi connectivity index (χ2v) is 6.03. The third kappa shape index (κ3) is 3.99. The Labute approximate surface area is 146 Å². The number of amides is 2. The lowest BCUT2D eigenvalue weighted by Gasteiger charge is -2.18. The van der Waals surface area contributed by atoms with E-state index in [1.807, 2.05) is 31.3 Å². The third-order valence-corrected chi connectivity index (χ3v) is 4.27. The summed E-state index contributed by atoms with van der Waals surface area (Å²) in [4.78, 5) is 15.2. The summed E-state index contributed by atoms with van der Waals surface area (Å²) in [7, 11) is 0. The number of halogens is 1. The fourth-order valence-corrected chi connectivity index (χ4v) is 2.98. The number of fused-ring (bicyclic) bond motifs is 1. The molecule has 5 heteroatoms. The molecule has 0 saturated heterocycles. The number of aromatic amines is 1. The molecule has 0 saturated carbocycles. The zero-order valence-corrected chi connectivity index (χ0v) is 14.2. The molecular weight excluding hydrogens is 317 g/mol. The number of nitrogens with one attached hydrogen (secondary N) is 3. The summed E-state index contributed by atoms with van der Waals surface area (Å²) < 4.78 is 13.3. The Bertz CT molecular complexity index is 842. The molecular formula is C20H22FN3O. The lowest BCUT2D eigenvalue weighted by molar-refractivity contribution is 0.240. The fraction of sp³-hybridized carbons (Fsp3) is 0.250. The van der Waals surface area contributed by atoms with Gasteiger partial charge in [-0.25, -0.2) is 9.18 Å². The van der Waals surface area contributed by atoms with Crippen molar-refractivity contribution in [3.8, 4) is 0 Å². The zero-order valence-electron chi connectivity index (χ0n) is 14.2. The van der Waals surface area contributed by atoms with Gasteiger partial charge in [-0.3, -0.25) is 0 Å². The van der Waals surface area contributed by atoms with Gasteiger partial charge in [0.05, 0.1) is 0 Å². The largest absolute Gasteiger partial charge is 0.361 e. The van der Waals surface area contributed by atoms with Crippen LogP contribution in [0, 0.1) is 5.82 Å². The smallest absolute Gasteiger partial charge is 0.314 e. The average Bonchev–Trinajstić information content (AvgIpc) is 3.05. The van der Waals surface area contributed by atoms with Crippen molar-refractivity contribution in [3.05, 3.63) is 71.7 Å². The molecule has 1 unspecified atom stereocenters. The zero-order chi connectivity index (χ0) is 17.6. The molecule has 2 aromatic carbocycles. The average molecular weight is 339 g/mol. The van der Waals surface area contributed by atoms with Crippen LogP contribution in [0.25, 0.3) is 10.9 Å². The van der Waals surface area contributed by atoms with E-state index in [4.69, 9.17) is 0 Å². The highest BCUT2D eigenvalue weighted by molar-refractivity contribution is 5.84. The first-order valence-corrected chi connectivity index (χ1v) is 8.52. The van der Waals surface area contributed by atoms with Gasteiger partial charge in [-0.15, -0.1) is 0 Å². The van der Waals surface area contributed by atoms with Crippen molar-refractivity contribution in [1.29, 1.82) is 0 Å². The Kier molecular flexibility index (Phi) is 5.33. The first-order chi connectivity index (χ1) is 12.2. The molecule has 0 fully saturated rings. The molecule has 0 aliphatic rings. The van der Waals surface area contributed by atoms with Crippen molar-refractivity contribution in [2.45, 2.75) is 19.3 Å². The highest BCUT2D eigenvalue weighted by Crippen LogP contribution is 2.30. The van der Waals surface area contributed by atoms with Gasteiger partial charge in [-0.1, -0.05) is 37.3 Å². The number of benzene rings is 2. The van der Waals surface area contributed by atoms with Crippen molar-refractivity contribution in [2.75, 3.05) is 13.1 Å². The molecule has 0 bridgehead atoms. The fourth-order valence-electron chi connectivity index (χ4n) is 2.98. The molecule has 25 heavy (non-hydrogen) atoms. The highest BCUT2D eigenvalue weighted by atomic mass is 19.1. The number of para-hydroxylation sites is 1. The van der Waals surface area contributed by atoms with Gasteiger partial charge in [0.1, 0.15) is 5.82 Å². The summed E-state index contributed by atoms with van der Waals surface area (Å²) in [5, 5.41) is 6.84. The van der Waals surface area contributed by atoms with Crippen molar-refractivity contribution < 1.29 is 9.18 Å². The second kappa shape index (κ2) is 7.83. The maximum atomic E-state index is 13.3. The lowest BCUT2D eigenvalue weighted by atomic mass is 9.91. The van der Waals surface area contributed by atoms with E-state index in [2.05, 4.69) is 21.7 Å². The molecule has 0 aliphatic carbocycles. The number of urea groups is 1. The molecule has 3 rings (SSSR count). The SMILES string of the molecule is CCCNC(=O)NCC(c1ccc(F)cc1)c1c[nH]c2ccccc12. The van der Waals surface area contributed by atoms with Gasteiger partial charge in [-0.05, 0) is 35.7 Å². The van der Waals surface area contributed by atoms with Gasteiger partial charge in [-0.2, -0.15) is 0 Å². The minimum absolute atomic E-state index is 0.0656. The van der Waals surface area contributed by atoms with Crippen LogP contribution in [-0.2, 0) is 0 Å². The van der Waals surface area contributed by atoms with Crippen LogP contribution < -0.4 is 10.6 Å². The summed E-state index contributed by atoms with van der Waals surface area (Å²) in [5.74, 6) is -0.334. The van der Waals surface area contributed by atoms with E-state index in [1.165, 1.54) is 12.1 Å². The molecule has 3 aromatic rings. The van der Waals surface area contributed by atoms with Gasteiger partial charge in [0, 0.05) is 36.1 Å². The molecule has 0 spiro atoms. The number of aromatic nitrogens is 1. The van der Waals surface area contributed by atoms with Crippen LogP contribution >= 0.6 is 0 Å². The molecule has 1 atom stereocenters. The van der Waals surface area contributed by atoms with Crippen LogP contribution in [0.5, 0.6) is 0 Å². The Morgan fingerprint density at radius 2 is 1.88 bits per heavy atom. The van der Waals surface area contributed by atoms with E-state index in [0.717, 1.165) is 28.5 Å². The Balaban J connectivity index is 1.89. The second-order valence-electron chi connectivity index (χ2n) is 6.03. The van der Waals surface area contributed by atoms with E-state index in [-0.39, 0.29) is 17.8 Å². The number of carbonyl (C=O) groups excluding carboxylic acids is 1. The third-order valence-electron chi connectivity index (χ3n) is 4.27. The summed E-state index contributed by atoms with van der Waals surface area (Å²) in [5.41, 5.74) is 3.08. The maximum Gasteiger partial charge on any atom is 0.314 e. The molecule has 3 N–H and O–H groups in total. The van der Waals surface area contributed by atoms with Crippen molar-refractivity contribution in [1.82, 2.24) is 15.6 Å². The van der Waals surface area contributed by atoms with Crippen LogP contribution in [-0.4, -0.2) is 24.1 Å². The predicted octanol–water partition coefficient (Wildman–Crippen LogP) is 4.15. The summed E-state index contributed by atoms with van der Waals surface area (Å²) >= 11 is 0. The van der Waals surface area contributed by atoms with Crippen LogP contribution in [0.15, 0.2) is 54.7 Å².